The third kappa shape index (κ3) is 6.36. The summed E-state index contributed by atoms with van der Waals surface area (Å²) in [5, 5.41) is 11.5. The summed E-state index contributed by atoms with van der Waals surface area (Å²) in [6.45, 7) is 0.974. The van der Waals surface area contributed by atoms with Gasteiger partial charge in [0.05, 0.1) is 7.11 Å². The summed E-state index contributed by atoms with van der Waals surface area (Å²) in [5.41, 5.74) is 2.79. The van der Waals surface area contributed by atoms with Crippen molar-refractivity contribution >= 4 is 17.7 Å². The van der Waals surface area contributed by atoms with Gasteiger partial charge in [0, 0.05) is 24.4 Å². The summed E-state index contributed by atoms with van der Waals surface area (Å²) in [6, 6.07) is 15.9. The number of amides is 1. The van der Waals surface area contributed by atoms with Gasteiger partial charge in [-0.25, -0.2) is 0 Å². The number of rotatable bonds is 10. The van der Waals surface area contributed by atoms with E-state index in [1.54, 1.807) is 24.3 Å². The van der Waals surface area contributed by atoms with Crippen molar-refractivity contribution in [1.82, 2.24) is 4.90 Å². The zero-order valence-electron chi connectivity index (χ0n) is 17.4. The first-order valence-corrected chi connectivity index (χ1v) is 10.0. The van der Waals surface area contributed by atoms with Crippen LogP contribution in [0.1, 0.15) is 24.0 Å². The zero-order valence-corrected chi connectivity index (χ0v) is 17.4. The minimum atomic E-state index is -0.203. The summed E-state index contributed by atoms with van der Waals surface area (Å²) in [6.07, 6.45) is 6.77. The van der Waals surface area contributed by atoms with E-state index in [1.807, 2.05) is 24.3 Å². The number of nitriles is 1. The molecule has 0 saturated heterocycles. The van der Waals surface area contributed by atoms with E-state index >= 15 is 0 Å². The van der Waals surface area contributed by atoms with Crippen molar-refractivity contribution in [3.8, 4) is 17.6 Å². The highest BCUT2D eigenvalue weighted by atomic mass is 16.5. The van der Waals surface area contributed by atoms with Gasteiger partial charge in [0.1, 0.15) is 6.07 Å². The van der Waals surface area contributed by atoms with E-state index in [0.717, 1.165) is 30.3 Å². The molecule has 0 radical (unpaired) electrons. The molecule has 0 aliphatic heterocycles. The van der Waals surface area contributed by atoms with Gasteiger partial charge in [0.25, 0.3) is 0 Å². The van der Waals surface area contributed by atoms with Crippen LogP contribution >= 0.6 is 0 Å². The van der Waals surface area contributed by atoms with Crippen LogP contribution in [0.5, 0.6) is 11.5 Å². The van der Waals surface area contributed by atoms with Gasteiger partial charge in [0.15, 0.2) is 18.1 Å². The van der Waals surface area contributed by atoms with Crippen molar-refractivity contribution < 1.29 is 14.3 Å². The third-order valence-corrected chi connectivity index (χ3v) is 5.02. The smallest absolute Gasteiger partial charge is 0.248 e. The molecule has 1 N–H and O–H groups in total. The van der Waals surface area contributed by atoms with Crippen molar-refractivity contribution in [2.75, 3.05) is 32.6 Å². The van der Waals surface area contributed by atoms with Gasteiger partial charge in [-0.05, 0) is 67.8 Å². The Morgan fingerprint density at radius 1 is 1.27 bits per heavy atom. The van der Waals surface area contributed by atoms with Crippen LogP contribution in [-0.2, 0) is 11.2 Å². The van der Waals surface area contributed by atoms with Crippen LogP contribution in [0.2, 0.25) is 0 Å². The van der Waals surface area contributed by atoms with Crippen LogP contribution in [0.25, 0.3) is 6.08 Å². The first kappa shape index (κ1) is 21.4. The van der Waals surface area contributed by atoms with Crippen molar-refractivity contribution in [1.29, 1.82) is 5.26 Å². The first-order chi connectivity index (χ1) is 14.6. The minimum absolute atomic E-state index is 0.0517. The number of likely N-dealkylation sites (N-methyl/N-ethyl adjacent to an activating group) is 1. The molecule has 0 unspecified atom stereocenters. The molecule has 1 fully saturated rings. The Kier molecular flexibility index (Phi) is 7.47. The highest BCUT2D eigenvalue weighted by molar-refractivity contribution is 6.02. The van der Waals surface area contributed by atoms with Gasteiger partial charge in [0.2, 0.25) is 5.91 Å². The van der Waals surface area contributed by atoms with E-state index in [9.17, 15) is 4.79 Å². The molecular formula is C24H27N3O3. The molecule has 30 heavy (non-hydrogen) atoms. The highest BCUT2D eigenvalue weighted by Crippen LogP contribution is 2.28. The maximum atomic E-state index is 12.3. The number of methoxy groups -OCH3 is 1. The normalized spacial score (nSPS) is 13.3. The molecule has 0 aromatic heterocycles. The van der Waals surface area contributed by atoms with E-state index in [-0.39, 0.29) is 12.5 Å². The predicted octanol–water partition coefficient (Wildman–Crippen LogP) is 3.89. The Morgan fingerprint density at radius 2 is 2.10 bits per heavy atom. The molecule has 6 nitrogen and oxygen atoms in total. The monoisotopic (exact) mass is 405 g/mol. The lowest BCUT2D eigenvalue weighted by Crippen LogP contribution is -2.23. The van der Waals surface area contributed by atoms with E-state index in [4.69, 9.17) is 14.7 Å². The standard InChI is InChI=1S/C24H27N3O3/c1-27(21-8-9-21)14-12-18-4-3-5-20(16-18)26-24(28)11-7-19-6-10-22(30-15-13-25)23(17-19)29-2/h3-7,10-11,16-17,21H,8-9,12,14-15H2,1-2H3,(H,26,28)/b11-7+. The van der Waals surface area contributed by atoms with E-state index in [1.165, 1.54) is 31.6 Å². The summed E-state index contributed by atoms with van der Waals surface area (Å²) >= 11 is 0. The molecule has 1 aliphatic rings. The molecular weight excluding hydrogens is 378 g/mol. The molecule has 3 rings (SSSR count). The van der Waals surface area contributed by atoms with E-state index < -0.39 is 0 Å². The minimum Gasteiger partial charge on any atom is -0.493 e. The zero-order chi connectivity index (χ0) is 21.3. The topological polar surface area (TPSA) is 74.6 Å². The fourth-order valence-electron chi connectivity index (χ4n) is 3.18. The second-order valence-electron chi connectivity index (χ2n) is 7.34. The van der Waals surface area contributed by atoms with Crippen LogP contribution < -0.4 is 14.8 Å². The van der Waals surface area contributed by atoms with Crippen molar-refractivity contribution in [3.05, 3.63) is 59.7 Å². The molecule has 2 aromatic carbocycles. The summed E-state index contributed by atoms with van der Waals surface area (Å²) < 4.78 is 10.6. The number of ether oxygens (including phenoxy) is 2. The largest absolute Gasteiger partial charge is 0.493 e. The maximum Gasteiger partial charge on any atom is 0.248 e. The summed E-state index contributed by atoms with van der Waals surface area (Å²) in [7, 11) is 3.70. The van der Waals surface area contributed by atoms with Gasteiger partial charge in [-0.15, -0.1) is 0 Å². The Bertz CT molecular complexity index is 945. The molecule has 1 aliphatic carbocycles. The summed E-state index contributed by atoms with van der Waals surface area (Å²) in [5.74, 6) is 0.799. The first-order valence-electron chi connectivity index (χ1n) is 10.0. The average Bonchev–Trinajstić information content (AvgIpc) is 3.60. The van der Waals surface area contributed by atoms with Crippen LogP contribution in [0.3, 0.4) is 0 Å². The third-order valence-electron chi connectivity index (χ3n) is 5.02. The molecule has 156 valence electrons. The average molecular weight is 405 g/mol. The lowest BCUT2D eigenvalue weighted by Gasteiger charge is -2.15. The number of benzene rings is 2. The molecule has 6 heteroatoms. The molecule has 0 spiro atoms. The van der Waals surface area contributed by atoms with Crippen LogP contribution in [0.15, 0.2) is 48.5 Å². The number of carbonyl (C=O) groups is 1. The Morgan fingerprint density at radius 3 is 2.83 bits per heavy atom. The number of anilines is 1. The molecule has 0 heterocycles. The quantitative estimate of drug-likeness (QED) is 0.607. The fraction of sp³-hybridized carbons (Fsp3) is 0.333. The number of carbonyl (C=O) groups excluding carboxylic acids is 1. The van der Waals surface area contributed by atoms with Crippen LogP contribution in [0, 0.1) is 11.3 Å². The van der Waals surface area contributed by atoms with Crippen molar-refractivity contribution in [3.63, 3.8) is 0 Å². The van der Waals surface area contributed by atoms with Gasteiger partial charge in [-0.2, -0.15) is 5.26 Å². The molecule has 1 saturated carbocycles. The highest BCUT2D eigenvalue weighted by Gasteiger charge is 2.25. The van der Waals surface area contributed by atoms with Gasteiger partial charge >= 0.3 is 0 Å². The van der Waals surface area contributed by atoms with Crippen LogP contribution in [-0.4, -0.2) is 44.2 Å². The van der Waals surface area contributed by atoms with E-state index in [2.05, 4.69) is 23.3 Å². The molecule has 1 amide bonds. The lowest BCUT2D eigenvalue weighted by molar-refractivity contribution is -0.111. The van der Waals surface area contributed by atoms with Gasteiger partial charge in [-0.3, -0.25) is 4.79 Å². The number of hydrogen-bond acceptors (Lipinski definition) is 5. The summed E-state index contributed by atoms with van der Waals surface area (Å²) in [4.78, 5) is 14.7. The van der Waals surface area contributed by atoms with Gasteiger partial charge < -0.3 is 19.7 Å². The van der Waals surface area contributed by atoms with Crippen LogP contribution in [0.4, 0.5) is 5.69 Å². The maximum absolute atomic E-state index is 12.3. The Labute approximate surface area is 177 Å². The lowest BCUT2D eigenvalue weighted by atomic mass is 10.1. The number of nitrogens with zero attached hydrogens (tertiary/aromatic N) is 2. The SMILES string of the molecule is COc1cc(/C=C/C(=O)Nc2cccc(CCN(C)C3CC3)c2)ccc1OCC#N. The number of hydrogen-bond donors (Lipinski definition) is 1. The second-order valence-corrected chi connectivity index (χ2v) is 7.34. The van der Waals surface area contributed by atoms with E-state index in [0.29, 0.717) is 11.5 Å². The van der Waals surface area contributed by atoms with Crippen molar-refractivity contribution in [2.45, 2.75) is 25.3 Å². The Hall–Kier alpha value is -3.30. The second kappa shape index (κ2) is 10.5. The van der Waals surface area contributed by atoms with Crippen molar-refractivity contribution in [2.24, 2.45) is 0 Å². The molecule has 0 bridgehead atoms. The number of nitrogens with one attached hydrogen (secondary N) is 1. The Balaban J connectivity index is 1.56. The molecule has 2 aromatic rings. The van der Waals surface area contributed by atoms with Gasteiger partial charge in [-0.1, -0.05) is 18.2 Å². The predicted molar refractivity (Wildman–Crippen MR) is 118 cm³/mol. The molecule has 0 atom stereocenters. The fourth-order valence-corrected chi connectivity index (χ4v) is 3.18.